The van der Waals surface area contributed by atoms with Crippen LogP contribution in [0.3, 0.4) is 0 Å². The van der Waals surface area contributed by atoms with Gasteiger partial charge in [-0.25, -0.2) is 0 Å². The van der Waals surface area contributed by atoms with Gasteiger partial charge in [0.1, 0.15) is 0 Å². The summed E-state index contributed by atoms with van der Waals surface area (Å²) in [4.78, 5) is 12.7. The zero-order valence-electron chi connectivity index (χ0n) is 14.5. The van der Waals surface area contributed by atoms with E-state index >= 15 is 0 Å². The predicted molar refractivity (Wildman–Crippen MR) is 100 cm³/mol. The molecule has 0 saturated heterocycles. The van der Waals surface area contributed by atoms with Crippen molar-refractivity contribution in [2.45, 2.75) is 45.8 Å². The number of hydrogen-bond donors (Lipinski definition) is 2. The van der Waals surface area contributed by atoms with Crippen LogP contribution >= 0.6 is 12.4 Å². The quantitative estimate of drug-likeness (QED) is 0.889. The van der Waals surface area contributed by atoms with E-state index in [0.29, 0.717) is 6.54 Å². The highest BCUT2D eigenvalue weighted by atomic mass is 35.5. The van der Waals surface area contributed by atoms with E-state index in [9.17, 15) is 4.79 Å². The molecule has 24 heavy (non-hydrogen) atoms. The summed E-state index contributed by atoms with van der Waals surface area (Å²) in [5, 5.41) is 6.44. The molecule has 2 N–H and O–H groups in total. The van der Waals surface area contributed by atoms with E-state index in [1.165, 1.54) is 11.1 Å². The Balaban J connectivity index is 0.00000208. The van der Waals surface area contributed by atoms with Crippen molar-refractivity contribution in [3.63, 3.8) is 0 Å². The fourth-order valence-corrected chi connectivity index (χ4v) is 3.26. The Labute approximate surface area is 150 Å². The second-order valence-electron chi connectivity index (χ2n) is 6.83. The molecule has 1 aliphatic heterocycles. The van der Waals surface area contributed by atoms with Gasteiger partial charge in [-0.2, -0.15) is 0 Å². The van der Waals surface area contributed by atoms with Crippen LogP contribution in [0.4, 0.5) is 0 Å². The van der Waals surface area contributed by atoms with E-state index in [2.05, 4.69) is 41.8 Å². The molecule has 0 saturated carbocycles. The second-order valence-corrected chi connectivity index (χ2v) is 6.83. The molecule has 1 heterocycles. The number of halogens is 1. The molecule has 0 fully saturated rings. The fraction of sp³-hybridized carbons (Fsp3) is 0.350. The van der Waals surface area contributed by atoms with Crippen LogP contribution in [0.2, 0.25) is 0 Å². The lowest BCUT2D eigenvalue weighted by Gasteiger charge is -2.26. The van der Waals surface area contributed by atoms with E-state index in [-0.39, 0.29) is 18.3 Å². The highest BCUT2D eigenvalue weighted by Gasteiger charge is 2.30. The van der Waals surface area contributed by atoms with Gasteiger partial charge < -0.3 is 10.6 Å². The predicted octanol–water partition coefficient (Wildman–Crippen LogP) is 3.61. The maximum absolute atomic E-state index is 12.7. The molecule has 0 atom stereocenters. The van der Waals surface area contributed by atoms with E-state index in [0.717, 1.165) is 29.8 Å². The van der Waals surface area contributed by atoms with Crippen LogP contribution in [0.15, 0.2) is 42.5 Å². The smallest absolute Gasteiger partial charge is 0.230 e. The van der Waals surface area contributed by atoms with Gasteiger partial charge >= 0.3 is 0 Å². The Kier molecular flexibility index (Phi) is 5.68. The van der Waals surface area contributed by atoms with Gasteiger partial charge in [0.2, 0.25) is 5.91 Å². The number of rotatable bonds is 4. The molecule has 0 radical (unpaired) electrons. The molecule has 0 aliphatic carbocycles. The summed E-state index contributed by atoms with van der Waals surface area (Å²) >= 11 is 0. The number of fused-ring (bicyclic) bond motifs is 1. The highest BCUT2D eigenvalue weighted by molar-refractivity contribution is 5.87. The molecule has 2 aromatic rings. The SMILES string of the molecule is Cc1ccccc1C(C)(C)C(=O)NCc1ccc2c(c1)CNC2.Cl. The number of aryl methyl sites for hydroxylation is 1. The molecule has 3 nitrogen and oxygen atoms in total. The molecular weight excluding hydrogens is 320 g/mol. The molecule has 3 rings (SSSR count). The van der Waals surface area contributed by atoms with Gasteiger partial charge in [0.25, 0.3) is 0 Å². The Morgan fingerprint density at radius 2 is 1.83 bits per heavy atom. The fourth-order valence-electron chi connectivity index (χ4n) is 3.26. The Morgan fingerprint density at radius 3 is 2.58 bits per heavy atom. The summed E-state index contributed by atoms with van der Waals surface area (Å²) in [5.41, 5.74) is 5.55. The Bertz CT molecular complexity index is 740. The monoisotopic (exact) mass is 344 g/mol. The van der Waals surface area contributed by atoms with Gasteiger partial charge in [-0.15, -0.1) is 12.4 Å². The summed E-state index contributed by atoms with van der Waals surface area (Å²) in [6, 6.07) is 14.5. The lowest BCUT2D eigenvalue weighted by atomic mass is 9.81. The molecule has 4 heteroatoms. The maximum atomic E-state index is 12.7. The van der Waals surface area contributed by atoms with Crippen LogP contribution in [-0.2, 0) is 29.8 Å². The summed E-state index contributed by atoms with van der Waals surface area (Å²) < 4.78 is 0. The first-order valence-electron chi connectivity index (χ1n) is 8.14. The molecule has 0 unspecified atom stereocenters. The summed E-state index contributed by atoms with van der Waals surface area (Å²) in [7, 11) is 0. The van der Waals surface area contributed by atoms with Crippen molar-refractivity contribution in [2.75, 3.05) is 0 Å². The van der Waals surface area contributed by atoms with E-state index in [1.807, 2.05) is 32.0 Å². The minimum atomic E-state index is -0.538. The summed E-state index contributed by atoms with van der Waals surface area (Å²) in [6.45, 7) is 8.46. The summed E-state index contributed by atoms with van der Waals surface area (Å²) in [6.07, 6.45) is 0. The van der Waals surface area contributed by atoms with Crippen LogP contribution in [-0.4, -0.2) is 5.91 Å². The lowest BCUT2D eigenvalue weighted by molar-refractivity contribution is -0.125. The van der Waals surface area contributed by atoms with Crippen molar-refractivity contribution in [3.8, 4) is 0 Å². The number of hydrogen-bond acceptors (Lipinski definition) is 2. The third-order valence-corrected chi connectivity index (χ3v) is 4.74. The molecule has 128 valence electrons. The standard InChI is InChI=1S/C20H24N2O.ClH/c1-14-6-4-5-7-18(14)20(2,3)19(23)22-11-15-8-9-16-12-21-13-17(16)10-15;/h4-10,21H,11-13H2,1-3H3,(H,22,23);1H. The largest absolute Gasteiger partial charge is 0.351 e. The van der Waals surface area contributed by atoms with Crippen LogP contribution in [0.1, 0.15) is 41.7 Å². The number of carbonyl (C=O) groups is 1. The van der Waals surface area contributed by atoms with Crippen molar-refractivity contribution >= 4 is 18.3 Å². The van der Waals surface area contributed by atoms with Crippen molar-refractivity contribution in [1.82, 2.24) is 10.6 Å². The molecule has 2 aromatic carbocycles. The van der Waals surface area contributed by atoms with Gasteiger partial charge in [-0.05, 0) is 48.6 Å². The van der Waals surface area contributed by atoms with Gasteiger partial charge in [0.05, 0.1) is 5.41 Å². The average molecular weight is 345 g/mol. The minimum absolute atomic E-state index is 0. The van der Waals surface area contributed by atoms with Gasteiger partial charge in [-0.1, -0.05) is 42.5 Å². The first-order chi connectivity index (χ1) is 11.0. The normalized spacial score (nSPS) is 13.1. The van der Waals surface area contributed by atoms with Crippen LogP contribution in [0, 0.1) is 6.92 Å². The summed E-state index contributed by atoms with van der Waals surface area (Å²) in [5.74, 6) is 0.0606. The molecule has 1 amide bonds. The average Bonchev–Trinajstić information content (AvgIpc) is 3.00. The van der Waals surface area contributed by atoms with Crippen LogP contribution in [0.25, 0.3) is 0 Å². The molecule has 0 aromatic heterocycles. The Morgan fingerprint density at radius 1 is 1.12 bits per heavy atom. The first kappa shape index (κ1) is 18.5. The first-order valence-corrected chi connectivity index (χ1v) is 8.14. The van der Waals surface area contributed by atoms with E-state index in [1.54, 1.807) is 0 Å². The number of amides is 1. The number of nitrogens with one attached hydrogen (secondary N) is 2. The zero-order chi connectivity index (χ0) is 16.4. The maximum Gasteiger partial charge on any atom is 0.230 e. The third-order valence-electron chi connectivity index (χ3n) is 4.74. The number of carbonyl (C=O) groups excluding carboxylic acids is 1. The van der Waals surface area contributed by atoms with Gasteiger partial charge in [0.15, 0.2) is 0 Å². The molecular formula is C20H25ClN2O. The van der Waals surface area contributed by atoms with Gasteiger partial charge in [0, 0.05) is 19.6 Å². The topological polar surface area (TPSA) is 41.1 Å². The molecule has 0 bridgehead atoms. The second kappa shape index (κ2) is 7.37. The van der Waals surface area contributed by atoms with Crippen LogP contribution in [0.5, 0.6) is 0 Å². The minimum Gasteiger partial charge on any atom is -0.351 e. The van der Waals surface area contributed by atoms with Crippen molar-refractivity contribution in [3.05, 3.63) is 70.3 Å². The third kappa shape index (κ3) is 3.63. The molecule has 0 spiro atoms. The van der Waals surface area contributed by atoms with Crippen molar-refractivity contribution < 1.29 is 4.79 Å². The van der Waals surface area contributed by atoms with Crippen LogP contribution < -0.4 is 10.6 Å². The number of benzene rings is 2. The Hall–Kier alpha value is -1.84. The highest BCUT2D eigenvalue weighted by Crippen LogP contribution is 2.26. The van der Waals surface area contributed by atoms with E-state index < -0.39 is 5.41 Å². The lowest BCUT2D eigenvalue weighted by Crippen LogP contribution is -2.40. The van der Waals surface area contributed by atoms with E-state index in [4.69, 9.17) is 0 Å². The molecule has 1 aliphatic rings. The van der Waals surface area contributed by atoms with Gasteiger partial charge in [-0.3, -0.25) is 4.79 Å². The van der Waals surface area contributed by atoms with Crippen molar-refractivity contribution in [2.24, 2.45) is 0 Å². The zero-order valence-corrected chi connectivity index (χ0v) is 15.3. The van der Waals surface area contributed by atoms with Crippen molar-refractivity contribution in [1.29, 1.82) is 0 Å².